The van der Waals surface area contributed by atoms with Gasteiger partial charge in [0.05, 0.1) is 11.9 Å². The quantitative estimate of drug-likeness (QED) is 0.884. The summed E-state index contributed by atoms with van der Waals surface area (Å²) in [5.41, 5.74) is 2.80. The van der Waals surface area contributed by atoms with Gasteiger partial charge in [-0.2, -0.15) is 10.4 Å². The molecule has 0 aromatic carbocycles. The number of aromatic nitrogens is 3. The number of hydrogen-bond acceptors (Lipinski definition) is 6. The lowest BCUT2D eigenvalue weighted by molar-refractivity contribution is 0.180. The Morgan fingerprint density at radius 3 is 2.73 bits per heavy atom. The third-order valence-electron chi connectivity index (χ3n) is 5.05. The first-order valence-electron chi connectivity index (χ1n) is 9.10. The number of H-pyrrole nitrogens is 1. The maximum atomic E-state index is 11.8. The second-order valence-corrected chi connectivity index (χ2v) is 6.41. The van der Waals surface area contributed by atoms with Crippen LogP contribution in [-0.2, 0) is 6.42 Å². The van der Waals surface area contributed by atoms with Crippen LogP contribution >= 0.6 is 0 Å². The highest BCUT2D eigenvalue weighted by Gasteiger charge is 2.27. The summed E-state index contributed by atoms with van der Waals surface area (Å²) in [6.07, 6.45) is 5.38. The van der Waals surface area contributed by atoms with Gasteiger partial charge in [-0.1, -0.05) is 19.9 Å². The Hall–Kier alpha value is -2.72. The van der Waals surface area contributed by atoms with Crippen molar-refractivity contribution >= 4 is 5.69 Å². The second kappa shape index (κ2) is 8.11. The summed E-state index contributed by atoms with van der Waals surface area (Å²) in [6.45, 7) is 7.61. The Bertz CT molecular complexity index is 848. The number of nitrogens with zero attached hydrogens (tertiary/aromatic N) is 5. The molecule has 0 unspecified atom stereocenters. The first-order chi connectivity index (χ1) is 12.7. The molecule has 1 aliphatic heterocycles. The minimum Gasteiger partial charge on any atom is -0.366 e. The van der Waals surface area contributed by atoms with E-state index in [2.05, 4.69) is 44.9 Å². The molecule has 1 fully saturated rings. The molecule has 3 heterocycles. The van der Waals surface area contributed by atoms with Crippen molar-refractivity contribution in [1.82, 2.24) is 20.1 Å². The van der Waals surface area contributed by atoms with Crippen molar-refractivity contribution in [3.05, 3.63) is 51.7 Å². The van der Waals surface area contributed by atoms with Crippen LogP contribution in [0.15, 0.2) is 29.3 Å². The van der Waals surface area contributed by atoms with Crippen molar-refractivity contribution in [3.8, 4) is 6.07 Å². The summed E-state index contributed by atoms with van der Waals surface area (Å²) >= 11 is 0. The molecule has 136 valence electrons. The fraction of sp³-hybridized carbons (Fsp3) is 0.474. The van der Waals surface area contributed by atoms with E-state index in [1.807, 2.05) is 18.3 Å². The van der Waals surface area contributed by atoms with Crippen LogP contribution in [0, 0.1) is 11.3 Å². The highest BCUT2D eigenvalue weighted by atomic mass is 16.1. The summed E-state index contributed by atoms with van der Waals surface area (Å²) in [5.74, 6) is 0. The van der Waals surface area contributed by atoms with Crippen LogP contribution in [0.4, 0.5) is 5.69 Å². The maximum Gasteiger partial charge on any atom is 0.284 e. The van der Waals surface area contributed by atoms with Crippen LogP contribution in [0.25, 0.3) is 0 Å². The highest BCUT2D eigenvalue weighted by Crippen LogP contribution is 2.28. The van der Waals surface area contributed by atoms with Gasteiger partial charge in [0.15, 0.2) is 0 Å². The lowest BCUT2D eigenvalue weighted by atomic mass is 9.99. The average Bonchev–Trinajstić information content (AvgIpc) is 2.69. The molecule has 26 heavy (non-hydrogen) atoms. The van der Waals surface area contributed by atoms with Gasteiger partial charge >= 0.3 is 0 Å². The van der Waals surface area contributed by atoms with Crippen molar-refractivity contribution in [2.45, 2.75) is 32.7 Å². The number of nitriles is 1. The van der Waals surface area contributed by atoms with Crippen LogP contribution in [0.2, 0.25) is 0 Å². The van der Waals surface area contributed by atoms with Gasteiger partial charge in [-0.15, -0.1) is 0 Å². The molecule has 1 aliphatic rings. The first kappa shape index (κ1) is 18.1. The van der Waals surface area contributed by atoms with Gasteiger partial charge in [0.2, 0.25) is 0 Å². The van der Waals surface area contributed by atoms with Crippen LogP contribution in [0.1, 0.15) is 43.1 Å². The van der Waals surface area contributed by atoms with Gasteiger partial charge in [-0.25, -0.2) is 5.10 Å². The lowest BCUT2D eigenvalue weighted by Gasteiger charge is -2.40. The molecule has 1 atom stereocenters. The van der Waals surface area contributed by atoms with E-state index in [0.717, 1.165) is 44.7 Å². The Kier molecular flexibility index (Phi) is 5.64. The number of aromatic amines is 1. The number of piperazine rings is 1. The van der Waals surface area contributed by atoms with Crippen molar-refractivity contribution in [2.75, 3.05) is 31.1 Å². The van der Waals surface area contributed by atoms with Gasteiger partial charge in [-0.05, 0) is 24.5 Å². The van der Waals surface area contributed by atoms with Crippen molar-refractivity contribution in [1.29, 1.82) is 5.26 Å². The largest absolute Gasteiger partial charge is 0.366 e. The molecule has 3 rings (SSSR count). The van der Waals surface area contributed by atoms with E-state index < -0.39 is 5.56 Å². The van der Waals surface area contributed by atoms with Gasteiger partial charge in [0, 0.05) is 44.1 Å². The van der Waals surface area contributed by atoms with E-state index in [0.29, 0.717) is 11.7 Å². The van der Waals surface area contributed by atoms with Gasteiger partial charge in [-0.3, -0.25) is 14.7 Å². The third-order valence-corrected chi connectivity index (χ3v) is 5.05. The topological polar surface area (TPSA) is 88.9 Å². The molecule has 2 aromatic rings. The molecule has 0 aliphatic carbocycles. The number of rotatable bonds is 5. The van der Waals surface area contributed by atoms with E-state index >= 15 is 0 Å². The summed E-state index contributed by atoms with van der Waals surface area (Å²) < 4.78 is 0. The predicted octanol–water partition coefficient (Wildman–Crippen LogP) is 1.87. The predicted molar refractivity (Wildman–Crippen MR) is 100 cm³/mol. The molecule has 7 heteroatoms. The number of nitrogens with one attached hydrogen (secondary N) is 1. The monoisotopic (exact) mass is 352 g/mol. The average molecular weight is 352 g/mol. The standard InChI is InChI=1S/C19H24N6O/c1-3-16-14(6-5-7-21-16)17(4-2)24-8-10-25(11-9-24)18-13-22-23-19(26)15(18)12-20/h5-7,13,17H,3-4,8-11H2,1-2H3,(H,23,26)/t17-/m0/s1. The molecule has 7 nitrogen and oxygen atoms in total. The summed E-state index contributed by atoms with van der Waals surface area (Å²) in [7, 11) is 0. The van der Waals surface area contributed by atoms with E-state index in [1.165, 1.54) is 5.56 Å². The van der Waals surface area contributed by atoms with Gasteiger partial charge in [0.1, 0.15) is 11.6 Å². The van der Waals surface area contributed by atoms with Crippen LogP contribution in [-0.4, -0.2) is 46.3 Å². The summed E-state index contributed by atoms with van der Waals surface area (Å²) in [5, 5.41) is 15.5. The SMILES string of the molecule is CCc1ncccc1[C@H](CC)N1CCN(c2cn[nH]c(=O)c2C#N)CC1. The number of anilines is 1. The summed E-state index contributed by atoms with van der Waals surface area (Å²) in [6, 6.07) is 6.53. The molecule has 0 amide bonds. The van der Waals surface area contributed by atoms with E-state index in [1.54, 1.807) is 6.20 Å². The Labute approximate surface area is 153 Å². The van der Waals surface area contributed by atoms with Crippen molar-refractivity contribution in [2.24, 2.45) is 0 Å². The Morgan fingerprint density at radius 1 is 1.31 bits per heavy atom. The zero-order chi connectivity index (χ0) is 18.5. The molecular weight excluding hydrogens is 328 g/mol. The van der Waals surface area contributed by atoms with E-state index in [4.69, 9.17) is 0 Å². The molecule has 0 bridgehead atoms. The molecule has 0 radical (unpaired) electrons. The number of pyridine rings is 1. The molecule has 1 N–H and O–H groups in total. The van der Waals surface area contributed by atoms with Crippen LogP contribution in [0.3, 0.4) is 0 Å². The molecule has 1 saturated heterocycles. The normalized spacial score (nSPS) is 16.3. The molecule has 0 saturated carbocycles. The van der Waals surface area contributed by atoms with E-state index in [9.17, 15) is 10.1 Å². The Morgan fingerprint density at radius 2 is 2.08 bits per heavy atom. The maximum absolute atomic E-state index is 11.8. The molecule has 0 spiro atoms. The minimum absolute atomic E-state index is 0.140. The highest BCUT2D eigenvalue weighted by molar-refractivity contribution is 5.56. The van der Waals surface area contributed by atoms with Crippen LogP contribution < -0.4 is 10.5 Å². The fourth-order valence-corrected chi connectivity index (χ4v) is 3.74. The summed E-state index contributed by atoms with van der Waals surface area (Å²) in [4.78, 5) is 20.9. The van der Waals surface area contributed by atoms with Crippen molar-refractivity contribution in [3.63, 3.8) is 0 Å². The first-order valence-corrected chi connectivity index (χ1v) is 9.10. The number of hydrogen-bond donors (Lipinski definition) is 1. The zero-order valence-electron chi connectivity index (χ0n) is 15.3. The number of aryl methyl sites for hydroxylation is 1. The fourth-order valence-electron chi connectivity index (χ4n) is 3.74. The van der Waals surface area contributed by atoms with Crippen molar-refractivity contribution < 1.29 is 0 Å². The zero-order valence-corrected chi connectivity index (χ0v) is 15.3. The smallest absolute Gasteiger partial charge is 0.284 e. The second-order valence-electron chi connectivity index (χ2n) is 6.41. The minimum atomic E-state index is -0.429. The van der Waals surface area contributed by atoms with Crippen LogP contribution in [0.5, 0.6) is 0 Å². The van der Waals surface area contributed by atoms with Gasteiger partial charge < -0.3 is 4.90 Å². The lowest BCUT2D eigenvalue weighted by Crippen LogP contribution is -2.48. The molecule has 2 aromatic heterocycles. The Balaban J connectivity index is 1.77. The third kappa shape index (κ3) is 3.46. The molecular formula is C19H24N6O. The van der Waals surface area contributed by atoms with E-state index in [-0.39, 0.29) is 5.56 Å². The van der Waals surface area contributed by atoms with Gasteiger partial charge in [0.25, 0.3) is 5.56 Å².